The molecule has 5 nitrogen and oxygen atoms in total. The Kier molecular flexibility index (Phi) is 4.33. The predicted octanol–water partition coefficient (Wildman–Crippen LogP) is 3.97. The van der Waals surface area contributed by atoms with Gasteiger partial charge in [0.05, 0.1) is 12.7 Å². The highest BCUT2D eigenvalue weighted by molar-refractivity contribution is 7.10. The van der Waals surface area contributed by atoms with Crippen LogP contribution < -0.4 is 5.32 Å². The minimum atomic E-state index is -0.642. The number of fused-ring (bicyclic) bond motifs is 1. The third-order valence-corrected chi connectivity index (χ3v) is 8.08. The van der Waals surface area contributed by atoms with E-state index in [0.717, 1.165) is 45.1 Å². The maximum Gasteiger partial charge on any atom is 0.326 e. The standard InChI is InChI=1S/C20H23N3O2S2/c24-18-20(8-2-1-3-9-20)21-19(25)23(18)13-22-10-6-15-14(7-12-27-15)17(22)16-5-4-11-26-16/h4-5,7,11-12,17H,1-3,6,8-10,13H2,(H,21,25). The molecule has 4 heterocycles. The van der Waals surface area contributed by atoms with Gasteiger partial charge in [-0.25, -0.2) is 9.69 Å². The lowest BCUT2D eigenvalue weighted by Crippen LogP contribution is -2.49. The molecule has 0 aromatic carbocycles. The molecule has 0 radical (unpaired) electrons. The number of carbonyl (C=O) groups is 2. The third-order valence-electron chi connectivity index (χ3n) is 6.15. The van der Waals surface area contributed by atoms with Gasteiger partial charge in [0.15, 0.2) is 0 Å². The van der Waals surface area contributed by atoms with Crippen molar-refractivity contribution in [3.05, 3.63) is 44.3 Å². The van der Waals surface area contributed by atoms with Crippen LogP contribution in [-0.4, -0.2) is 40.5 Å². The number of nitrogens with one attached hydrogen (secondary N) is 1. The number of urea groups is 1. The van der Waals surface area contributed by atoms with Crippen molar-refractivity contribution >= 4 is 34.6 Å². The lowest BCUT2D eigenvalue weighted by molar-refractivity contribution is -0.134. The third kappa shape index (κ3) is 2.83. The van der Waals surface area contributed by atoms with Gasteiger partial charge in [0.2, 0.25) is 0 Å². The Hall–Kier alpha value is -1.70. The second kappa shape index (κ2) is 6.72. The minimum absolute atomic E-state index is 0.0201. The molecule has 2 aromatic heterocycles. The van der Waals surface area contributed by atoms with E-state index in [1.165, 1.54) is 20.2 Å². The van der Waals surface area contributed by atoms with Crippen molar-refractivity contribution in [3.8, 4) is 0 Å². The zero-order valence-corrected chi connectivity index (χ0v) is 16.8. The summed E-state index contributed by atoms with van der Waals surface area (Å²) in [5.41, 5.74) is 0.685. The number of hydrogen-bond donors (Lipinski definition) is 1. The quantitative estimate of drug-likeness (QED) is 0.792. The summed E-state index contributed by atoms with van der Waals surface area (Å²) in [6.45, 7) is 1.23. The van der Waals surface area contributed by atoms with Crippen molar-refractivity contribution in [2.24, 2.45) is 0 Å². The summed E-state index contributed by atoms with van der Waals surface area (Å²) in [4.78, 5) is 32.3. The molecule has 1 atom stereocenters. The number of hydrogen-bond acceptors (Lipinski definition) is 5. The van der Waals surface area contributed by atoms with Crippen molar-refractivity contribution in [2.75, 3.05) is 13.2 Å². The van der Waals surface area contributed by atoms with Crippen LogP contribution in [-0.2, 0) is 11.2 Å². The van der Waals surface area contributed by atoms with E-state index in [1.807, 2.05) is 11.3 Å². The van der Waals surface area contributed by atoms with Gasteiger partial charge in [-0.1, -0.05) is 25.3 Å². The number of thiophene rings is 2. The Morgan fingerprint density at radius 2 is 1.96 bits per heavy atom. The summed E-state index contributed by atoms with van der Waals surface area (Å²) < 4.78 is 0. The molecule has 5 rings (SSSR count). The van der Waals surface area contributed by atoms with Crippen molar-refractivity contribution < 1.29 is 9.59 Å². The number of nitrogens with zero attached hydrogens (tertiary/aromatic N) is 2. The first-order valence-corrected chi connectivity index (χ1v) is 11.4. The first-order chi connectivity index (χ1) is 13.2. The highest BCUT2D eigenvalue weighted by Crippen LogP contribution is 2.40. The van der Waals surface area contributed by atoms with Crippen molar-refractivity contribution in [1.29, 1.82) is 0 Å². The highest BCUT2D eigenvalue weighted by Gasteiger charge is 2.52. The van der Waals surface area contributed by atoms with E-state index in [1.54, 1.807) is 11.3 Å². The van der Waals surface area contributed by atoms with Gasteiger partial charge in [0.1, 0.15) is 5.54 Å². The fraction of sp³-hybridized carbons (Fsp3) is 0.500. The highest BCUT2D eigenvalue weighted by atomic mass is 32.1. The van der Waals surface area contributed by atoms with E-state index < -0.39 is 5.54 Å². The maximum absolute atomic E-state index is 13.2. The van der Waals surface area contributed by atoms with E-state index in [0.29, 0.717) is 6.67 Å². The number of carbonyl (C=O) groups excluding carboxylic acids is 2. The van der Waals surface area contributed by atoms with Gasteiger partial charge in [0.25, 0.3) is 5.91 Å². The lowest BCUT2D eigenvalue weighted by Gasteiger charge is -2.37. The second-order valence-corrected chi connectivity index (χ2v) is 9.71. The van der Waals surface area contributed by atoms with Crippen LogP contribution in [0.2, 0.25) is 0 Å². The molecule has 2 aliphatic heterocycles. The Balaban J connectivity index is 1.43. The molecule has 3 amide bonds. The van der Waals surface area contributed by atoms with Gasteiger partial charge in [-0.15, -0.1) is 22.7 Å². The van der Waals surface area contributed by atoms with Gasteiger partial charge in [-0.3, -0.25) is 9.69 Å². The molecule has 142 valence electrons. The molecular weight excluding hydrogens is 378 g/mol. The molecular formula is C20H23N3O2S2. The molecule has 1 spiro atoms. The largest absolute Gasteiger partial charge is 0.326 e. The van der Waals surface area contributed by atoms with Gasteiger partial charge >= 0.3 is 6.03 Å². The molecule has 1 saturated heterocycles. The van der Waals surface area contributed by atoms with Crippen LogP contribution in [0.15, 0.2) is 29.0 Å². The van der Waals surface area contributed by atoms with E-state index >= 15 is 0 Å². The van der Waals surface area contributed by atoms with Crippen molar-refractivity contribution in [3.63, 3.8) is 0 Å². The zero-order chi connectivity index (χ0) is 18.4. The minimum Gasteiger partial charge on any atom is -0.323 e. The number of rotatable bonds is 3. The Labute approximate surface area is 167 Å². The SMILES string of the molecule is O=C1NC2(CCCCC2)C(=O)N1CN1CCc2sccc2C1c1cccs1. The summed E-state index contributed by atoms with van der Waals surface area (Å²) in [5, 5.41) is 7.29. The molecule has 3 aliphatic rings. The van der Waals surface area contributed by atoms with Crippen LogP contribution in [0.3, 0.4) is 0 Å². The molecule has 1 saturated carbocycles. The first kappa shape index (κ1) is 17.4. The molecule has 1 N–H and O–H groups in total. The number of amides is 3. The molecule has 2 aromatic rings. The van der Waals surface area contributed by atoms with E-state index in [9.17, 15) is 9.59 Å². The Morgan fingerprint density at radius 3 is 2.74 bits per heavy atom. The van der Waals surface area contributed by atoms with E-state index in [-0.39, 0.29) is 18.0 Å². The zero-order valence-electron chi connectivity index (χ0n) is 15.1. The Morgan fingerprint density at radius 1 is 1.11 bits per heavy atom. The topological polar surface area (TPSA) is 52.7 Å². The summed E-state index contributed by atoms with van der Waals surface area (Å²) in [7, 11) is 0. The fourth-order valence-corrected chi connectivity index (χ4v) is 6.56. The van der Waals surface area contributed by atoms with Crippen molar-refractivity contribution in [1.82, 2.24) is 15.1 Å². The molecule has 2 fully saturated rings. The average Bonchev–Trinajstić information content (AvgIpc) is 3.40. The molecule has 27 heavy (non-hydrogen) atoms. The molecule has 7 heteroatoms. The summed E-state index contributed by atoms with van der Waals surface area (Å²) in [6.07, 6.45) is 5.70. The molecule has 0 bridgehead atoms. The summed E-state index contributed by atoms with van der Waals surface area (Å²) >= 11 is 3.55. The predicted molar refractivity (Wildman–Crippen MR) is 107 cm³/mol. The smallest absolute Gasteiger partial charge is 0.323 e. The summed E-state index contributed by atoms with van der Waals surface area (Å²) in [5.74, 6) is -0.0201. The summed E-state index contributed by atoms with van der Waals surface area (Å²) in [6, 6.07) is 6.34. The van der Waals surface area contributed by atoms with Crippen LogP contribution >= 0.6 is 22.7 Å². The van der Waals surface area contributed by atoms with Crippen LogP contribution in [0.25, 0.3) is 0 Å². The maximum atomic E-state index is 13.2. The van der Waals surface area contributed by atoms with E-state index in [4.69, 9.17) is 0 Å². The van der Waals surface area contributed by atoms with Crippen LogP contribution in [0.5, 0.6) is 0 Å². The molecule has 1 unspecified atom stereocenters. The van der Waals surface area contributed by atoms with Gasteiger partial charge in [-0.2, -0.15) is 0 Å². The van der Waals surface area contributed by atoms with Crippen LogP contribution in [0.4, 0.5) is 4.79 Å². The second-order valence-electron chi connectivity index (χ2n) is 7.73. The Bertz CT molecular complexity index is 854. The van der Waals surface area contributed by atoms with Crippen LogP contribution in [0, 0.1) is 0 Å². The first-order valence-electron chi connectivity index (χ1n) is 9.66. The normalized spacial score (nSPS) is 25.0. The number of imide groups is 1. The van der Waals surface area contributed by atoms with Gasteiger partial charge in [0, 0.05) is 16.3 Å². The van der Waals surface area contributed by atoms with Crippen LogP contribution in [0.1, 0.15) is 53.5 Å². The van der Waals surface area contributed by atoms with Gasteiger partial charge in [-0.05, 0) is 47.7 Å². The fourth-order valence-electron chi connectivity index (χ4n) is 4.78. The molecule has 1 aliphatic carbocycles. The monoisotopic (exact) mass is 401 g/mol. The lowest BCUT2D eigenvalue weighted by atomic mass is 9.82. The van der Waals surface area contributed by atoms with E-state index in [2.05, 4.69) is 39.2 Å². The van der Waals surface area contributed by atoms with Crippen molar-refractivity contribution in [2.45, 2.75) is 50.1 Å². The van der Waals surface area contributed by atoms with Gasteiger partial charge < -0.3 is 5.32 Å². The average molecular weight is 402 g/mol.